The highest BCUT2D eigenvalue weighted by molar-refractivity contribution is 5.94. The molecule has 144 valence electrons. The summed E-state index contributed by atoms with van der Waals surface area (Å²) in [4.78, 5) is 12.2. The fraction of sp³-hybridized carbons (Fsp3) is 0.435. The Hall–Kier alpha value is -2.33. The summed E-state index contributed by atoms with van der Waals surface area (Å²) in [5.74, 6) is 0.804. The number of hydrogen-bond donors (Lipinski definition) is 1. The maximum Gasteiger partial charge on any atom is 0.251 e. The molecule has 0 unspecified atom stereocenters. The quantitative estimate of drug-likeness (QED) is 0.652. The Labute approximate surface area is 161 Å². The molecule has 0 radical (unpaired) electrons. The van der Waals surface area contributed by atoms with Crippen LogP contribution in [0, 0.1) is 0 Å². The lowest BCUT2D eigenvalue weighted by molar-refractivity contribution is 0.0273. The largest absolute Gasteiger partial charge is 0.489 e. The van der Waals surface area contributed by atoms with E-state index in [0.29, 0.717) is 24.8 Å². The maximum absolute atomic E-state index is 12.2. The minimum absolute atomic E-state index is 0.0387. The fourth-order valence-electron chi connectivity index (χ4n) is 3.29. The van der Waals surface area contributed by atoms with Crippen molar-refractivity contribution in [1.29, 1.82) is 0 Å². The highest BCUT2D eigenvalue weighted by Gasteiger charge is 2.13. The fourth-order valence-corrected chi connectivity index (χ4v) is 3.29. The average molecular weight is 367 g/mol. The Morgan fingerprint density at radius 3 is 2.44 bits per heavy atom. The van der Waals surface area contributed by atoms with Crippen LogP contribution < -0.4 is 10.1 Å². The van der Waals surface area contributed by atoms with Crippen molar-refractivity contribution in [2.45, 2.75) is 51.2 Å². The van der Waals surface area contributed by atoms with Gasteiger partial charge in [0, 0.05) is 18.7 Å². The monoisotopic (exact) mass is 367 g/mol. The third kappa shape index (κ3) is 6.72. The van der Waals surface area contributed by atoms with Crippen molar-refractivity contribution in [3.63, 3.8) is 0 Å². The van der Waals surface area contributed by atoms with Crippen molar-refractivity contribution in [3.05, 3.63) is 65.7 Å². The van der Waals surface area contributed by atoms with Gasteiger partial charge in [-0.3, -0.25) is 4.79 Å². The molecule has 4 heteroatoms. The normalized spacial score (nSPS) is 14.7. The summed E-state index contributed by atoms with van der Waals surface area (Å²) >= 11 is 0. The number of carbonyl (C=O) groups is 1. The molecule has 2 aromatic carbocycles. The van der Waals surface area contributed by atoms with Gasteiger partial charge in [-0.15, -0.1) is 0 Å². The van der Waals surface area contributed by atoms with Crippen LogP contribution in [0.3, 0.4) is 0 Å². The summed E-state index contributed by atoms with van der Waals surface area (Å²) in [5.41, 5.74) is 1.71. The van der Waals surface area contributed by atoms with Gasteiger partial charge in [0.05, 0.1) is 6.10 Å². The molecule has 1 N–H and O–H groups in total. The van der Waals surface area contributed by atoms with Crippen molar-refractivity contribution in [1.82, 2.24) is 5.32 Å². The van der Waals surface area contributed by atoms with Crippen LogP contribution in [0.4, 0.5) is 0 Å². The molecule has 0 heterocycles. The van der Waals surface area contributed by atoms with E-state index in [-0.39, 0.29) is 5.91 Å². The molecule has 2 aromatic rings. The van der Waals surface area contributed by atoms with Gasteiger partial charge in [0.1, 0.15) is 12.4 Å². The Bertz CT molecular complexity index is 679. The van der Waals surface area contributed by atoms with Crippen molar-refractivity contribution in [3.8, 4) is 5.75 Å². The molecule has 3 rings (SSSR count). The number of hydrogen-bond acceptors (Lipinski definition) is 3. The summed E-state index contributed by atoms with van der Waals surface area (Å²) in [6.07, 6.45) is 7.57. The summed E-state index contributed by atoms with van der Waals surface area (Å²) < 4.78 is 11.6. The van der Waals surface area contributed by atoms with Gasteiger partial charge in [0.25, 0.3) is 5.91 Å². The second-order valence-electron chi connectivity index (χ2n) is 7.04. The summed E-state index contributed by atoms with van der Waals surface area (Å²) in [5, 5.41) is 2.96. The smallest absolute Gasteiger partial charge is 0.251 e. The Morgan fingerprint density at radius 1 is 0.963 bits per heavy atom. The summed E-state index contributed by atoms with van der Waals surface area (Å²) in [6.45, 7) is 1.86. The zero-order valence-corrected chi connectivity index (χ0v) is 15.9. The number of ether oxygens (including phenoxy) is 2. The third-order valence-electron chi connectivity index (χ3n) is 4.88. The van der Waals surface area contributed by atoms with Crippen molar-refractivity contribution < 1.29 is 14.3 Å². The van der Waals surface area contributed by atoms with E-state index in [1.165, 1.54) is 32.1 Å². The van der Waals surface area contributed by atoms with E-state index in [9.17, 15) is 4.79 Å². The number of rotatable bonds is 9. The molecule has 1 saturated carbocycles. The molecule has 0 aromatic heterocycles. The van der Waals surface area contributed by atoms with Crippen LogP contribution in [0.2, 0.25) is 0 Å². The van der Waals surface area contributed by atoms with E-state index in [4.69, 9.17) is 9.47 Å². The van der Waals surface area contributed by atoms with E-state index >= 15 is 0 Å². The molecule has 4 nitrogen and oxygen atoms in total. The molecule has 0 atom stereocenters. The SMILES string of the molecule is O=C(NCCCOC1CCCCC1)c1ccc(COc2ccccc2)cc1. The summed E-state index contributed by atoms with van der Waals surface area (Å²) in [7, 11) is 0. The van der Waals surface area contributed by atoms with Gasteiger partial charge in [-0.2, -0.15) is 0 Å². The number of amides is 1. The van der Waals surface area contributed by atoms with Crippen molar-refractivity contribution >= 4 is 5.91 Å². The number of para-hydroxylation sites is 1. The molecular weight excluding hydrogens is 338 g/mol. The maximum atomic E-state index is 12.2. The predicted molar refractivity (Wildman–Crippen MR) is 107 cm³/mol. The Morgan fingerprint density at radius 2 is 1.70 bits per heavy atom. The van der Waals surface area contributed by atoms with E-state index in [1.54, 1.807) is 0 Å². The first-order chi connectivity index (χ1) is 13.3. The van der Waals surface area contributed by atoms with E-state index in [1.807, 2.05) is 54.6 Å². The highest BCUT2D eigenvalue weighted by atomic mass is 16.5. The van der Waals surface area contributed by atoms with Gasteiger partial charge in [0.2, 0.25) is 0 Å². The number of carbonyl (C=O) groups excluding carboxylic acids is 1. The van der Waals surface area contributed by atoms with Crippen LogP contribution in [0.15, 0.2) is 54.6 Å². The van der Waals surface area contributed by atoms with Crippen LogP contribution >= 0.6 is 0 Å². The van der Waals surface area contributed by atoms with Crippen LogP contribution in [-0.4, -0.2) is 25.2 Å². The molecule has 0 saturated heterocycles. The van der Waals surface area contributed by atoms with Gasteiger partial charge in [-0.1, -0.05) is 49.6 Å². The van der Waals surface area contributed by atoms with Gasteiger partial charge in [-0.05, 0) is 49.1 Å². The van der Waals surface area contributed by atoms with Crippen LogP contribution in [-0.2, 0) is 11.3 Å². The highest BCUT2D eigenvalue weighted by Crippen LogP contribution is 2.20. The van der Waals surface area contributed by atoms with Gasteiger partial charge in [-0.25, -0.2) is 0 Å². The lowest BCUT2D eigenvalue weighted by atomic mass is 9.98. The number of nitrogens with one attached hydrogen (secondary N) is 1. The van der Waals surface area contributed by atoms with Gasteiger partial charge < -0.3 is 14.8 Å². The number of benzene rings is 2. The van der Waals surface area contributed by atoms with E-state index < -0.39 is 0 Å². The zero-order valence-electron chi connectivity index (χ0n) is 15.9. The first-order valence-corrected chi connectivity index (χ1v) is 9.98. The molecule has 1 aliphatic rings. The lowest BCUT2D eigenvalue weighted by Gasteiger charge is -2.21. The van der Waals surface area contributed by atoms with Crippen molar-refractivity contribution in [2.24, 2.45) is 0 Å². The molecular formula is C23H29NO3. The Balaban J connectivity index is 1.33. The predicted octanol–water partition coefficient (Wildman–Crippen LogP) is 4.73. The van der Waals surface area contributed by atoms with E-state index in [0.717, 1.165) is 24.3 Å². The second-order valence-corrected chi connectivity index (χ2v) is 7.04. The molecule has 0 aliphatic heterocycles. The van der Waals surface area contributed by atoms with Crippen LogP contribution in [0.1, 0.15) is 54.4 Å². The Kier molecular flexibility index (Phi) is 7.72. The van der Waals surface area contributed by atoms with Crippen molar-refractivity contribution in [2.75, 3.05) is 13.2 Å². The summed E-state index contributed by atoms with van der Waals surface area (Å²) in [6, 6.07) is 17.3. The first-order valence-electron chi connectivity index (χ1n) is 9.98. The average Bonchev–Trinajstić information content (AvgIpc) is 2.74. The molecule has 1 fully saturated rings. The van der Waals surface area contributed by atoms with Gasteiger partial charge in [0.15, 0.2) is 0 Å². The molecule has 1 amide bonds. The lowest BCUT2D eigenvalue weighted by Crippen LogP contribution is -2.26. The topological polar surface area (TPSA) is 47.6 Å². The van der Waals surface area contributed by atoms with E-state index in [2.05, 4.69) is 5.32 Å². The molecule has 27 heavy (non-hydrogen) atoms. The van der Waals surface area contributed by atoms with Crippen LogP contribution in [0.25, 0.3) is 0 Å². The second kappa shape index (κ2) is 10.7. The minimum Gasteiger partial charge on any atom is -0.489 e. The molecule has 0 spiro atoms. The first kappa shape index (κ1) is 19.4. The molecule has 1 aliphatic carbocycles. The van der Waals surface area contributed by atoms with Gasteiger partial charge >= 0.3 is 0 Å². The minimum atomic E-state index is -0.0387. The standard InChI is InChI=1S/C23H29NO3/c25-23(24-16-7-17-26-21-8-3-1-4-9-21)20-14-12-19(13-15-20)18-27-22-10-5-2-6-11-22/h2,5-6,10-15,21H,1,3-4,7-9,16-18H2,(H,24,25). The zero-order chi connectivity index (χ0) is 18.7. The van der Waals surface area contributed by atoms with Crippen LogP contribution in [0.5, 0.6) is 5.75 Å². The third-order valence-corrected chi connectivity index (χ3v) is 4.88. The molecule has 0 bridgehead atoms.